The van der Waals surface area contributed by atoms with Crippen molar-refractivity contribution in [3.8, 4) is 0 Å². The monoisotopic (exact) mass is 299 g/mol. The van der Waals surface area contributed by atoms with Crippen molar-refractivity contribution in [2.45, 2.75) is 32.6 Å². The molecule has 1 N–H and O–H groups in total. The van der Waals surface area contributed by atoms with Crippen molar-refractivity contribution >= 4 is 22.4 Å². The first-order chi connectivity index (χ1) is 9.61. The third kappa shape index (κ3) is 7.45. The number of aryl methyl sites for hydroxylation is 1. The maximum Gasteiger partial charge on any atom is 0.306 e. The molecule has 0 atom stereocenters. The molecule has 6 heteroatoms. The normalized spacial score (nSPS) is 10.8. The average molecular weight is 299 g/mol. The van der Waals surface area contributed by atoms with E-state index in [1.807, 2.05) is 12.3 Å². The van der Waals surface area contributed by atoms with Gasteiger partial charge in [-0.15, -0.1) is 11.3 Å². The predicted octanol–water partition coefficient (Wildman–Crippen LogP) is 2.39. The lowest BCUT2D eigenvalue weighted by Crippen LogP contribution is -2.14. The van der Waals surface area contributed by atoms with Gasteiger partial charge in [0.25, 0.3) is 0 Å². The van der Waals surface area contributed by atoms with Gasteiger partial charge < -0.3 is 15.0 Å². The van der Waals surface area contributed by atoms with Crippen LogP contribution in [0.3, 0.4) is 0 Å². The van der Waals surface area contributed by atoms with Crippen molar-refractivity contribution in [3.63, 3.8) is 0 Å². The first kappa shape index (κ1) is 16.9. The van der Waals surface area contributed by atoms with E-state index in [9.17, 15) is 4.79 Å². The second-order valence-corrected chi connectivity index (χ2v) is 5.74. The van der Waals surface area contributed by atoms with E-state index in [0.29, 0.717) is 19.4 Å². The summed E-state index contributed by atoms with van der Waals surface area (Å²) in [6.07, 6.45) is 3.37. The number of unbranched alkanes of at least 4 members (excludes halogenated alkanes) is 1. The van der Waals surface area contributed by atoms with Gasteiger partial charge in [0, 0.05) is 18.3 Å². The minimum Gasteiger partial charge on any atom is -0.466 e. The smallest absolute Gasteiger partial charge is 0.306 e. The molecule has 114 valence electrons. The van der Waals surface area contributed by atoms with Gasteiger partial charge in [-0.2, -0.15) is 0 Å². The number of nitrogens with zero attached hydrogens (tertiary/aromatic N) is 2. The zero-order chi connectivity index (χ0) is 14.8. The van der Waals surface area contributed by atoms with Crippen LogP contribution in [0.5, 0.6) is 0 Å². The van der Waals surface area contributed by atoms with E-state index in [4.69, 9.17) is 4.74 Å². The number of aromatic nitrogens is 1. The number of carbonyl (C=O) groups excluding carboxylic acids is 1. The van der Waals surface area contributed by atoms with Crippen molar-refractivity contribution in [2.24, 2.45) is 0 Å². The van der Waals surface area contributed by atoms with E-state index in [1.54, 1.807) is 11.3 Å². The summed E-state index contributed by atoms with van der Waals surface area (Å²) in [6.45, 7) is 4.32. The van der Waals surface area contributed by atoms with Gasteiger partial charge in [0.05, 0.1) is 18.7 Å². The van der Waals surface area contributed by atoms with Crippen LogP contribution in [-0.2, 0) is 16.0 Å². The van der Waals surface area contributed by atoms with Crippen LogP contribution in [0, 0.1) is 0 Å². The van der Waals surface area contributed by atoms with Gasteiger partial charge in [-0.25, -0.2) is 4.98 Å². The Hall–Kier alpha value is -1.14. The molecule has 0 unspecified atom stereocenters. The molecule has 1 aromatic heterocycles. The summed E-state index contributed by atoms with van der Waals surface area (Å²) >= 11 is 1.59. The first-order valence-electron chi connectivity index (χ1n) is 7.10. The van der Waals surface area contributed by atoms with Crippen LogP contribution in [0.15, 0.2) is 5.38 Å². The Morgan fingerprint density at radius 3 is 2.95 bits per heavy atom. The highest BCUT2D eigenvalue weighted by molar-refractivity contribution is 7.13. The van der Waals surface area contributed by atoms with Gasteiger partial charge in [-0.05, 0) is 40.4 Å². The lowest BCUT2D eigenvalue weighted by molar-refractivity contribution is -0.143. The molecule has 0 aliphatic heterocycles. The summed E-state index contributed by atoms with van der Waals surface area (Å²) in [4.78, 5) is 17.9. The van der Waals surface area contributed by atoms with Crippen molar-refractivity contribution < 1.29 is 9.53 Å². The zero-order valence-electron chi connectivity index (χ0n) is 12.6. The fourth-order valence-corrected chi connectivity index (χ4v) is 2.49. The fourth-order valence-electron chi connectivity index (χ4n) is 1.71. The lowest BCUT2D eigenvalue weighted by Gasteiger charge is -2.08. The van der Waals surface area contributed by atoms with Crippen LogP contribution < -0.4 is 5.32 Å². The van der Waals surface area contributed by atoms with Gasteiger partial charge in [0.15, 0.2) is 5.13 Å². The number of hydrogen-bond donors (Lipinski definition) is 1. The summed E-state index contributed by atoms with van der Waals surface area (Å²) < 4.78 is 4.90. The molecular weight excluding hydrogens is 274 g/mol. The van der Waals surface area contributed by atoms with Crippen molar-refractivity contribution in [3.05, 3.63) is 11.1 Å². The molecule has 20 heavy (non-hydrogen) atoms. The second kappa shape index (κ2) is 9.72. The zero-order valence-corrected chi connectivity index (χ0v) is 13.5. The summed E-state index contributed by atoms with van der Waals surface area (Å²) in [5.41, 5.74) is 0.957. The topological polar surface area (TPSA) is 54.5 Å². The standard InChI is InChI=1S/C14H25N3O2S/c1-4-19-13(18)8-7-12-11-20-14(16-12)15-9-5-6-10-17(2)3/h11H,4-10H2,1-3H3,(H,15,16). The molecule has 5 nitrogen and oxygen atoms in total. The van der Waals surface area contributed by atoms with Crippen molar-refractivity contribution in [1.82, 2.24) is 9.88 Å². The Labute approximate surface area is 125 Å². The summed E-state index contributed by atoms with van der Waals surface area (Å²) in [6, 6.07) is 0. The molecule has 0 spiro atoms. The van der Waals surface area contributed by atoms with Gasteiger partial charge in [-0.1, -0.05) is 0 Å². The van der Waals surface area contributed by atoms with E-state index in [-0.39, 0.29) is 5.97 Å². The Bertz CT molecular complexity index is 394. The largest absolute Gasteiger partial charge is 0.466 e. The van der Waals surface area contributed by atoms with Gasteiger partial charge in [0.2, 0.25) is 0 Å². The highest BCUT2D eigenvalue weighted by Gasteiger charge is 2.06. The molecule has 1 aromatic rings. The summed E-state index contributed by atoms with van der Waals surface area (Å²) in [5, 5.41) is 6.26. The Balaban J connectivity index is 2.17. The molecule has 0 aromatic carbocycles. The number of nitrogens with one attached hydrogen (secondary N) is 1. The van der Waals surface area contributed by atoms with E-state index >= 15 is 0 Å². The number of ether oxygens (including phenoxy) is 1. The molecule has 0 fully saturated rings. The molecular formula is C14H25N3O2S. The average Bonchev–Trinajstić information content (AvgIpc) is 2.84. The molecule has 0 aliphatic carbocycles. The van der Waals surface area contributed by atoms with E-state index < -0.39 is 0 Å². The Morgan fingerprint density at radius 2 is 2.25 bits per heavy atom. The minimum absolute atomic E-state index is 0.154. The molecule has 1 heterocycles. The highest BCUT2D eigenvalue weighted by atomic mass is 32.1. The quantitative estimate of drug-likeness (QED) is 0.531. The maximum absolute atomic E-state index is 11.3. The van der Waals surface area contributed by atoms with E-state index in [2.05, 4.69) is 29.3 Å². The van der Waals surface area contributed by atoms with Crippen molar-refractivity contribution in [1.29, 1.82) is 0 Å². The van der Waals surface area contributed by atoms with Crippen LogP contribution in [0.25, 0.3) is 0 Å². The fraction of sp³-hybridized carbons (Fsp3) is 0.714. The maximum atomic E-state index is 11.3. The van der Waals surface area contributed by atoms with Gasteiger partial charge in [-0.3, -0.25) is 4.79 Å². The Kier molecular flexibility index (Phi) is 8.22. The molecule has 0 saturated heterocycles. The lowest BCUT2D eigenvalue weighted by atomic mass is 10.2. The number of carbonyl (C=O) groups is 1. The minimum atomic E-state index is -0.154. The highest BCUT2D eigenvalue weighted by Crippen LogP contribution is 2.16. The first-order valence-corrected chi connectivity index (χ1v) is 7.98. The van der Waals surface area contributed by atoms with Gasteiger partial charge >= 0.3 is 5.97 Å². The second-order valence-electron chi connectivity index (χ2n) is 4.89. The van der Waals surface area contributed by atoms with Crippen LogP contribution in [0.4, 0.5) is 5.13 Å². The third-order valence-electron chi connectivity index (χ3n) is 2.75. The summed E-state index contributed by atoms with van der Waals surface area (Å²) in [7, 11) is 4.17. The predicted molar refractivity (Wildman–Crippen MR) is 83.3 cm³/mol. The number of hydrogen-bond acceptors (Lipinski definition) is 6. The SMILES string of the molecule is CCOC(=O)CCc1csc(NCCCCN(C)C)n1. The van der Waals surface area contributed by atoms with Crippen LogP contribution in [0.1, 0.15) is 31.9 Å². The number of anilines is 1. The Morgan fingerprint density at radius 1 is 1.45 bits per heavy atom. The number of esters is 1. The molecule has 0 aliphatic rings. The molecule has 0 saturated carbocycles. The number of thiazole rings is 1. The number of rotatable bonds is 10. The molecule has 1 rings (SSSR count). The van der Waals surface area contributed by atoms with E-state index in [1.165, 1.54) is 6.42 Å². The van der Waals surface area contributed by atoms with E-state index in [0.717, 1.165) is 30.3 Å². The van der Waals surface area contributed by atoms with Crippen LogP contribution >= 0.6 is 11.3 Å². The molecule has 0 amide bonds. The summed E-state index contributed by atoms with van der Waals surface area (Å²) in [5.74, 6) is -0.154. The van der Waals surface area contributed by atoms with Crippen LogP contribution in [0.2, 0.25) is 0 Å². The molecule has 0 radical (unpaired) electrons. The third-order valence-corrected chi connectivity index (χ3v) is 3.60. The van der Waals surface area contributed by atoms with Crippen molar-refractivity contribution in [2.75, 3.05) is 39.1 Å². The van der Waals surface area contributed by atoms with Crippen LogP contribution in [-0.4, -0.2) is 49.6 Å². The van der Waals surface area contributed by atoms with Gasteiger partial charge in [0.1, 0.15) is 0 Å². The molecule has 0 bridgehead atoms.